The average Bonchev–Trinajstić information content (AvgIpc) is 2.32. The molecule has 6 heteroatoms. The van der Waals surface area contributed by atoms with Crippen molar-refractivity contribution in [2.24, 2.45) is 0 Å². The monoisotopic (exact) mass is 232 g/mol. The molecule has 0 fully saturated rings. The smallest absolute Gasteiger partial charge is 0.200 e. The highest BCUT2D eigenvalue weighted by molar-refractivity contribution is 5.44. The Morgan fingerprint density at radius 1 is 0.938 bits per heavy atom. The number of ether oxygens (including phenoxy) is 2. The van der Waals surface area contributed by atoms with E-state index in [4.69, 9.17) is 19.7 Å². The summed E-state index contributed by atoms with van der Waals surface area (Å²) < 4.78 is 36.6. The van der Waals surface area contributed by atoms with Gasteiger partial charge in [0.25, 0.3) is 0 Å². The predicted molar refractivity (Wildman–Crippen MR) is 49.4 cm³/mol. The lowest BCUT2D eigenvalue weighted by Gasteiger charge is -2.32. The van der Waals surface area contributed by atoms with Crippen LogP contribution in [0.4, 0.5) is 8.78 Å². The zero-order valence-corrected chi connectivity index (χ0v) is 8.19. The van der Waals surface area contributed by atoms with Crippen molar-refractivity contribution in [2.75, 3.05) is 13.2 Å². The van der Waals surface area contributed by atoms with E-state index in [2.05, 4.69) is 0 Å². The highest BCUT2D eigenvalue weighted by Gasteiger charge is 2.34. The summed E-state index contributed by atoms with van der Waals surface area (Å²) >= 11 is 0. The molecule has 0 radical (unpaired) electrons. The maximum Gasteiger partial charge on any atom is 0.200 e. The maximum atomic E-state index is 13.3. The summed E-state index contributed by atoms with van der Waals surface area (Å²) in [6.07, 6.45) is -1.82. The quantitative estimate of drug-likeness (QED) is 0.777. The second kappa shape index (κ2) is 4.23. The normalized spacial score (nSPS) is 23.2. The Labute approximate surface area is 90.0 Å². The van der Waals surface area contributed by atoms with Crippen LogP contribution in [0.3, 0.4) is 0 Å². The van der Waals surface area contributed by atoms with Crippen LogP contribution in [-0.4, -0.2) is 35.6 Å². The molecule has 4 nitrogen and oxygen atoms in total. The summed E-state index contributed by atoms with van der Waals surface area (Å²) in [6.45, 7) is -0.915. The standard InChI is InChI=1S/C10H10F2O4/c11-5-1-2-6(12)10-9(5)15-7(3-13)8(4-14)16-10/h1-2,7-8,13-14H,3-4H2/t7-,8-/m0/s1. The van der Waals surface area contributed by atoms with Gasteiger partial charge in [-0.2, -0.15) is 0 Å². The number of halogens is 2. The van der Waals surface area contributed by atoms with Gasteiger partial charge in [-0.25, -0.2) is 8.78 Å². The number of hydrogen-bond donors (Lipinski definition) is 2. The minimum absolute atomic E-state index is 0.372. The van der Waals surface area contributed by atoms with Gasteiger partial charge < -0.3 is 19.7 Å². The van der Waals surface area contributed by atoms with Crippen molar-refractivity contribution in [3.63, 3.8) is 0 Å². The molecule has 0 bridgehead atoms. The van der Waals surface area contributed by atoms with E-state index in [0.29, 0.717) is 0 Å². The molecular formula is C10H10F2O4. The largest absolute Gasteiger partial charge is 0.477 e. The van der Waals surface area contributed by atoms with Crippen molar-refractivity contribution < 1.29 is 28.5 Å². The van der Waals surface area contributed by atoms with Gasteiger partial charge in [-0.1, -0.05) is 0 Å². The molecule has 0 saturated carbocycles. The highest BCUT2D eigenvalue weighted by Crippen LogP contribution is 2.38. The van der Waals surface area contributed by atoms with Gasteiger partial charge in [0, 0.05) is 0 Å². The SMILES string of the molecule is OC[C@@H]1Oc2c(F)ccc(F)c2O[C@H]1CO. The summed E-state index contributed by atoms with van der Waals surface area (Å²) in [7, 11) is 0. The molecule has 16 heavy (non-hydrogen) atoms. The maximum absolute atomic E-state index is 13.3. The van der Waals surface area contributed by atoms with Crippen molar-refractivity contribution in [3.05, 3.63) is 23.8 Å². The Kier molecular flexibility index (Phi) is 2.93. The molecule has 0 aromatic heterocycles. The lowest BCUT2D eigenvalue weighted by Crippen LogP contribution is -2.45. The van der Waals surface area contributed by atoms with E-state index in [1.54, 1.807) is 0 Å². The summed E-state index contributed by atoms with van der Waals surface area (Å²) in [5, 5.41) is 17.9. The molecule has 0 unspecified atom stereocenters. The molecular weight excluding hydrogens is 222 g/mol. The fraction of sp³-hybridized carbons (Fsp3) is 0.400. The summed E-state index contributed by atoms with van der Waals surface area (Å²) in [4.78, 5) is 0. The third-order valence-corrected chi connectivity index (χ3v) is 2.33. The number of aliphatic hydroxyl groups is 2. The van der Waals surface area contributed by atoms with Crippen LogP contribution < -0.4 is 9.47 Å². The second-order valence-electron chi connectivity index (χ2n) is 3.37. The van der Waals surface area contributed by atoms with Crippen LogP contribution in [0.25, 0.3) is 0 Å². The molecule has 2 N–H and O–H groups in total. The van der Waals surface area contributed by atoms with Gasteiger partial charge >= 0.3 is 0 Å². The van der Waals surface area contributed by atoms with Crippen molar-refractivity contribution in [3.8, 4) is 11.5 Å². The van der Waals surface area contributed by atoms with Crippen molar-refractivity contribution in [1.29, 1.82) is 0 Å². The molecule has 2 rings (SSSR count). The minimum Gasteiger partial charge on any atom is -0.477 e. The van der Waals surface area contributed by atoms with E-state index in [1.165, 1.54) is 0 Å². The summed E-state index contributed by atoms with van der Waals surface area (Å²) in [5.41, 5.74) is 0. The third kappa shape index (κ3) is 1.70. The number of rotatable bonds is 2. The molecule has 2 atom stereocenters. The average molecular weight is 232 g/mol. The number of benzene rings is 1. The van der Waals surface area contributed by atoms with Crippen LogP contribution >= 0.6 is 0 Å². The van der Waals surface area contributed by atoms with Crippen LogP contribution in [0.5, 0.6) is 11.5 Å². The molecule has 1 aromatic carbocycles. The third-order valence-electron chi connectivity index (χ3n) is 2.33. The highest BCUT2D eigenvalue weighted by atomic mass is 19.1. The second-order valence-corrected chi connectivity index (χ2v) is 3.37. The van der Waals surface area contributed by atoms with Crippen LogP contribution in [0.1, 0.15) is 0 Å². The summed E-state index contributed by atoms with van der Waals surface area (Å²) in [6, 6.07) is 1.82. The van der Waals surface area contributed by atoms with Crippen molar-refractivity contribution in [1.82, 2.24) is 0 Å². The van der Waals surface area contributed by atoms with Gasteiger partial charge in [0.15, 0.2) is 23.8 Å². The Hall–Kier alpha value is -1.40. The zero-order valence-electron chi connectivity index (χ0n) is 8.19. The van der Waals surface area contributed by atoms with E-state index in [1.807, 2.05) is 0 Å². The fourth-order valence-electron chi connectivity index (χ4n) is 1.50. The molecule has 0 aliphatic carbocycles. The topological polar surface area (TPSA) is 58.9 Å². The molecule has 1 heterocycles. The fourth-order valence-corrected chi connectivity index (χ4v) is 1.50. The molecule has 0 amide bonds. The van der Waals surface area contributed by atoms with Crippen LogP contribution in [-0.2, 0) is 0 Å². The van der Waals surface area contributed by atoms with Crippen LogP contribution in [0.2, 0.25) is 0 Å². The van der Waals surface area contributed by atoms with Gasteiger partial charge in [-0.3, -0.25) is 0 Å². The van der Waals surface area contributed by atoms with Gasteiger partial charge in [0.05, 0.1) is 13.2 Å². The summed E-state index contributed by atoms with van der Waals surface area (Å²) in [5.74, 6) is -2.29. The number of hydrogen-bond acceptors (Lipinski definition) is 4. The van der Waals surface area contributed by atoms with E-state index >= 15 is 0 Å². The van der Waals surface area contributed by atoms with Gasteiger partial charge in [-0.15, -0.1) is 0 Å². The van der Waals surface area contributed by atoms with Crippen molar-refractivity contribution in [2.45, 2.75) is 12.2 Å². The van der Waals surface area contributed by atoms with E-state index in [-0.39, 0.29) is 11.5 Å². The molecule has 88 valence electrons. The van der Waals surface area contributed by atoms with E-state index in [0.717, 1.165) is 12.1 Å². The number of fused-ring (bicyclic) bond motifs is 1. The Bertz CT molecular complexity index is 360. The van der Waals surface area contributed by atoms with E-state index < -0.39 is 37.1 Å². The molecule has 0 saturated heterocycles. The Morgan fingerprint density at radius 3 is 1.62 bits per heavy atom. The van der Waals surface area contributed by atoms with Gasteiger partial charge in [0.2, 0.25) is 11.5 Å². The van der Waals surface area contributed by atoms with Gasteiger partial charge in [0.1, 0.15) is 0 Å². The first-order chi connectivity index (χ1) is 7.67. The van der Waals surface area contributed by atoms with Crippen LogP contribution in [0.15, 0.2) is 12.1 Å². The Balaban J connectivity index is 2.41. The lowest BCUT2D eigenvalue weighted by atomic mass is 10.1. The van der Waals surface area contributed by atoms with Gasteiger partial charge in [-0.05, 0) is 12.1 Å². The predicted octanol–water partition coefficient (Wildman–Crippen LogP) is 0.458. The zero-order chi connectivity index (χ0) is 11.7. The first kappa shape index (κ1) is 11.1. The first-order valence-electron chi connectivity index (χ1n) is 4.70. The van der Waals surface area contributed by atoms with Crippen molar-refractivity contribution >= 4 is 0 Å². The molecule has 1 aromatic rings. The first-order valence-corrected chi connectivity index (χ1v) is 4.70. The van der Waals surface area contributed by atoms with E-state index in [9.17, 15) is 8.78 Å². The molecule has 1 aliphatic rings. The minimum atomic E-state index is -0.909. The molecule has 0 spiro atoms. The Morgan fingerprint density at radius 2 is 1.31 bits per heavy atom. The number of aliphatic hydroxyl groups excluding tert-OH is 2. The van der Waals surface area contributed by atoms with Crippen LogP contribution in [0, 0.1) is 11.6 Å². The molecule has 1 aliphatic heterocycles. The lowest BCUT2D eigenvalue weighted by molar-refractivity contribution is -0.0397.